The SMILES string of the molecule is CCCSCC(Cc1nn(CC)c2ccccc12)NN. The van der Waals surface area contributed by atoms with Crippen molar-refractivity contribution < 1.29 is 0 Å². The summed E-state index contributed by atoms with van der Waals surface area (Å²) in [5.41, 5.74) is 5.28. The molecule has 1 aromatic carbocycles. The van der Waals surface area contributed by atoms with Gasteiger partial charge in [-0.2, -0.15) is 16.9 Å². The number of hydrogen-bond donors (Lipinski definition) is 2. The molecular formula is C15H24N4S. The molecule has 0 aliphatic carbocycles. The summed E-state index contributed by atoms with van der Waals surface area (Å²) in [6.07, 6.45) is 2.08. The predicted molar refractivity (Wildman–Crippen MR) is 87.8 cm³/mol. The standard InChI is InChI=1S/C15H24N4S/c1-3-9-20-11-12(17-16)10-14-13-7-5-6-8-15(13)19(4-2)18-14/h5-8,12,17H,3-4,9-11,16H2,1-2H3. The van der Waals surface area contributed by atoms with Gasteiger partial charge in [0.1, 0.15) is 0 Å². The average Bonchev–Trinajstić information content (AvgIpc) is 2.84. The van der Waals surface area contributed by atoms with Crippen LogP contribution in [0.25, 0.3) is 10.9 Å². The van der Waals surface area contributed by atoms with Gasteiger partial charge in [-0.25, -0.2) is 0 Å². The predicted octanol–water partition coefficient (Wildman–Crippen LogP) is 2.57. The lowest BCUT2D eigenvalue weighted by Gasteiger charge is -2.14. The summed E-state index contributed by atoms with van der Waals surface area (Å²) >= 11 is 1.95. The molecule has 0 amide bonds. The van der Waals surface area contributed by atoms with Gasteiger partial charge >= 0.3 is 0 Å². The van der Waals surface area contributed by atoms with Crippen molar-refractivity contribution in [3.8, 4) is 0 Å². The van der Waals surface area contributed by atoms with Crippen LogP contribution in [0.3, 0.4) is 0 Å². The Morgan fingerprint density at radius 1 is 1.35 bits per heavy atom. The van der Waals surface area contributed by atoms with Crippen molar-refractivity contribution in [1.29, 1.82) is 0 Å². The summed E-state index contributed by atoms with van der Waals surface area (Å²) < 4.78 is 2.07. The first-order chi connectivity index (χ1) is 9.80. The summed E-state index contributed by atoms with van der Waals surface area (Å²) in [5.74, 6) is 7.90. The molecule has 1 atom stereocenters. The van der Waals surface area contributed by atoms with Crippen molar-refractivity contribution >= 4 is 22.7 Å². The number of nitrogens with zero attached hydrogens (tertiary/aromatic N) is 2. The molecule has 20 heavy (non-hydrogen) atoms. The number of para-hydroxylation sites is 1. The third-order valence-corrected chi connectivity index (χ3v) is 4.71. The van der Waals surface area contributed by atoms with Crippen molar-refractivity contribution in [3.63, 3.8) is 0 Å². The Morgan fingerprint density at radius 3 is 2.85 bits per heavy atom. The minimum Gasteiger partial charge on any atom is -0.271 e. The molecule has 0 spiro atoms. The highest BCUT2D eigenvalue weighted by atomic mass is 32.2. The average molecular weight is 292 g/mol. The van der Waals surface area contributed by atoms with Crippen LogP contribution in [0, 0.1) is 0 Å². The zero-order valence-corrected chi connectivity index (χ0v) is 13.1. The zero-order valence-electron chi connectivity index (χ0n) is 12.3. The van der Waals surface area contributed by atoms with Gasteiger partial charge in [0.15, 0.2) is 0 Å². The van der Waals surface area contributed by atoms with Crippen LogP contribution in [0.2, 0.25) is 0 Å². The van der Waals surface area contributed by atoms with E-state index < -0.39 is 0 Å². The van der Waals surface area contributed by atoms with E-state index >= 15 is 0 Å². The monoisotopic (exact) mass is 292 g/mol. The maximum atomic E-state index is 5.69. The van der Waals surface area contributed by atoms with Crippen LogP contribution in [0.5, 0.6) is 0 Å². The van der Waals surface area contributed by atoms with Gasteiger partial charge < -0.3 is 0 Å². The molecule has 1 aromatic heterocycles. The van der Waals surface area contributed by atoms with Crippen molar-refractivity contribution in [1.82, 2.24) is 15.2 Å². The molecule has 0 saturated heterocycles. The molecule has 1 heterocycles. The maximum absolute atomic E-state index is 5.69. The van der Waals surface area contributed by atoms with E-state index in [4.69, 9.17) is 10.9 Å². The molecule has 110 valence electrons. The molecule has 0 aliphatic heterocycles. The van der Waals surface area contributed by atoms with Gasteiger partial charge in [0.25, 0.3) is 0 Å². The fraction of sp³-hybridized carbons (Fsp3) is 0.533. The Morgan fingerprint density at radius 2 is 2.15 bits per heavy atom. The largest absolute Gasteiger partial charge is 0.271 e. The first-order valence-electron chi connectivity index (χ1n) is 7.28. The molecule has 0 radical (unpaired) electrons. The molecule has 2 rings (SSSR count). The van der Waals surface area contributed by atoms with Crippen LogP contribution in [-0.2, 0) is 13.0 Å². The van der Waals surface area contributed by atoms with Gasteiger partial charge in [-0.15, -0.1) is 0 Å². The van der Waals surface area contributed by atoms with Gasteiger partial charge in [-0.05, 0) is 25.2 Å². The number of aryl methyl sites for hydroxylation is 1. The molecule has 2 aromatic rings. The first kappa shape index (κ1) is 15.4. The second-order valence-corrected chi connectivity index (χ2v) is 6.07. The van der Waals surface area contributed by atoms with Gasteiger partial charge in [0, 0.05) is 30.1 Å². The fourth-order valence-corrected chi connectivity index (χ4v) is 3.31. The van der Waals surface area contributed by atoms with Crippen molar-refractivity contribution in [3.05, 3.63) is 30.0 Å². The fourth-order valence-electron chi connectivity index (χ4n) is 2.36. The van der Waals surface area contributed by atoms with E-state index in [-0.39, 0.29) is 6.04 Å². The van der Waals surface area contributed by atoms with Gasteiger partial charge in [-0.1, -0.05) is 25.1 Å². The van der Waals surface area contributed by atoms with E-state index in [1.807, 2.05) is 11.8 Å². The molecule has 0 fully saturated rings. The molecular weight excluding hydrogens is 268 g/mol. The Bertz CT molecular complexity index is 538. The number of aromatic nitrogens is 2. The van der Waals surface area contributed by atoms with Crippen LogP contribution in [-0.4, -0.2) is 27.3 Å². The molecule has 5 heteroatoms. The lowest BCUT2D eigenvalue weighted by atomic mass is 10.1. The molecule has 0 bridgehead atoms. The number of fused-ring (bicyclic) bond motifs is 1. The second-order valence-electron chi connectivity index (χ2n) is 4.92. The molecule has 4 nitrogen and oxygen atoms in total. The number of benzene rings is 1. The quantitative estimate of drug-likeness (QED) is 0.446. The summed E-state index contributed by atoms with van der Waals surface area (Å²) in [7, 11) is 0. The Hall–Kier alpha value is -1.04. The topological polar surface area (TPSA) is 55.9 Å². The highest BCUT2D eigenvalue weighted by Gasteiger charge is 2.14. The number of hydrogen-bond acceptors (Lipinski definition) is 4. The van der Waals surface area contributed by atoms with Crippen molar-refractivity contribution in [2.45, 2.75) is 39.3 Å². The highest BCUT2D eigenvalue weighted by molar-refractivity contribution is 7.99. The Balaban J connectivity index is 2.15. The summed E-state index contributed by atoms with van der Waals surface area (Å²) in [4.78, 5) is 0. The van der Waals surface area contributed by atoms with E-state index in [1.54, 1.807) is 0 Å². The minimum absolute atomic E-state index is 0.273. The van der Waals surface area contributed by atoms with E-state index in [2.05, 4.69) is 48.2 Å². The van der Waals surface area contributed by atoms with E-state index in [0.717, 1.165) is 24.4 Å². The van der Waals surface area contributed by atoms with Crippen LogP contribution in [0.15, 0.2) is 24.3 Å². The van der Waals surface area contributed by atoms with Crippen LogP contribution in [0.4, 0.5) is 0 Å². The van der Waals surface area contributed by atoms with Crippen LogP contribution >= 0.6 is 11.8 Å². The molecule has 0 aliphatic rings. The molecule has 1 unspecified atom stereocenters. The number of thioether (sulfide) groups is 1. The summed E-state index contributed by atoms with van der Waals surface area (Å²) in [6.45, 7) is 5.22. The minimum atomic E-state index is 0.273. The molecule has 0 saturated carbocycles. The van der Waals surface area contributed by atoms with Gasteiger partial charge in [0.05, 0.1) is 11.2 Å². The van der Waals surface area contributed by atoms with Crippen LogP contribution in [0.1, 0.15) is 26.0 Å². The zero-order chi connectivity index (χ0) is 14.4. The van der Waals surface area contributed by atoms with E-state index in [1.165, 1.54) is 23.1 Å². The third kappa shape index (κ3) is 3.53. The third-order valence-electron chi connectivity index (χ3n) is 3.38. The number of rotatable bonds is 8. The second kappa shape index (κ2) is 7.67. The van der Waals surface area contributed by atoms with E-state index in [0.29, 0.717) is 0 Å². The Kier molecular flexibility index (Phi) is 5.88. The lowest BCUT2D eigenvalue weighted by molar-refractivity contribution is 0.560. The Labute approximate surface area is 125 Å². The maximum Gasteiger partial charge on any atom is 0.0719 e. The normalized spacial score (nSPS) is 12.9. The summed E-state index contributed by atoms with van der Waals surface area (Å²) in [6, 6.07) is 8.69. The number of nitrogens with one attached hydrogen (secondary N) is 1. The highest BCUT2D eigenvalue weighted by Crippen LogP contribution is 2.20. The lowest BCUT2D eigenvalue weighted by Crippen LogP contribution is -2.39. The van der Waals surface area contributed by atoms with Crippen molar-refractivity contribution in [2.75, 3.05) is 11.5 Å². The van der Waals surface area contributed by atoms with E-state index in [9.17, 15) is 0 Å². The van der Waals surface area contributed by atoms with Crippen molar-refractivity contribution in [2.24, 2.45) is 5.84 Å². The first-order valence-corrected chi connectivity index (χ1v) is 8.43. The van der Waals surface area contributed by atoms with Crippen LogP contribution < -0.4 is 11.3 Å². The van der Waals surface area contributed by atoms with Gasteiger partial charge in [0.2, 0.25) is 0 Å². The molecule has 3 N–H and O–H groups in total. The number of nitrogens with two attached hydrogens (primary N) is 1. The van der Waals surface area contributed by atoms with Gasteiger partial charge in [-0.3, -0.25) is 16.0 Å². The summed E-state index contributed by atoms with van der Waals surface area (Å²) in [5, 5.41) is 5.98. The number of hydrazine groups is 1. The smallest absolute Gasteiger partial charge is 0.0719 e.